The van der Waals surface area contributed by atoms with Crippen LogP contribution in [0.4, 0.5) is 0 Å². The summed E-state index contributed by atoms with van der Waals surface area (Å²) in [6.07, 6.45) is 0. The third kappa shape index (κ3) is 6.34. The Morgan fingerprint density at radius 3 is 1.39 bits per heavy atom. The molecule has 4 nitrogen and oxygen atoms in total. The van der Waals surface area contributed by atoms with Crippen molar-refractivity contribution in [2.45, 2.75) is 0 Å². The average Bonchev–Trinajstić information content (AvgIpc) is 3.72. The Balaban J connectivity index is 1.02. The zero-order valence-corrected chi connectivity index (χ0v) is 32.0. The Hall–Kier alpha value is -7.95. The van der Waals surface area contributed by atoms with Crippen molar-refractivity contribution in [3.8, 4) is 78.5 Å². The minimum absolute atomic E-state index is 0.662. The van der Waals surface area contributed by atoms with E-state index in [0.717, 1.165) is 94.4 Å². The molecule has 0 atom stereocenters. The number of rotatable bonds is 7. The Morgan fingerprint density at radius 2 is 0.797 bits per heavy atom. The van der Waals surface area contributed by atoms with Crippen LogP contribution in [0.2, 0.25) is 0 Å². The Labute approximate surface area is 341 Å². The van der Waals surface area contributed by atoms with Crippen LogP contribution in [-0.4, -0.2) is 15.0 Å². The van der Waals surface area contributed by atoms with Crippen molar-refractivity contribution in [1.82, 2.24) is 15.0 Å². The van der Waals surface area contributed by atoms with Gasteiger partial charge in [0.1, 0.15) is 11.2 Å². The van der Waals surface area contributed by atoms with Crippen molar-refractivity contribution in [1.29, 1.82) is 0 Å². The van der Waals surface area contributed by atoms with E-state index >= 15 is 0 Å². The molecule has 0 saturated carbocycles. The molecule has 0 saturated heterocycles. The van der Waals surface area contributed by atoms with Crippen molar-refractivity contribution in [2.75, 3.05) is 0 Å². The van der Waals surface area contributed by atoms with E-state index in [2.05, 4.69) is 182 Å². The van der Waals surface area contributed by atoms with Gasteiger partial charge in [-0.2, -0.15) is 0 Å². The van der Waals surface area contributed by atoms with E-state index in [1.165, 1.54) is 11.1 Å². The first-order chi connectivity index (χ1) is 29.2. The van der Waals surface area contributed by atoms with Gasteiger partial charge in [0.15, 0.2) is 5.82 Å². The van der Waals surface area contributed by atoms with Crippen LogP contribution < -0.4 is 0 Å². The number of benzene rings is 8. The average molecular weight is 754 g/mol. The molecule has 0 fully saturated rings. The third-order valence-electron chi connectivity index (χ3n) is 11.1. The largest absolute Gasteiger partial charge is 0.455 e. The van der Waals surface area contributed by atoms with Gasteiger partial charge in [0, 0.05) is 27.6 Å². The van der Waals surface area contributed by atoms with E-state index in [4.69, 9.17) is 19.4 Å². The maximum absolute atomic E-state index is 6.70. The molecule has 0 aliphatic heterocycles. The van der Waals surface area contributed by atoms with Gasteiger partial charge in [0.25, 0.3) is 0 Å². The van der Waals surface area contributed by atoms with Gasteiger partial charge in [-0.15, -0.1) is 0 Å². The number of furan rings is 1. The fourth-order valence-corrected chi connectivity index (χ4v) is 8.15. The van der Waals surface area contributed by atoms with Gasteiger partial charge in [-0.1, -0.05) is 194 Å². The summed E-state index contributed by atoms with van der Waals surface area (Å²) >= 11 is 0. The Morgan fingerprint density at radius 1 is 0.322 bits per heavy atom. The summed E-state index contributed by atoms with van der Waals surface area (Å²) < 4.78 is 6.70. The molecular weight excluding hydrogens is 719 g/mol. The molecule has 11 aromatic rings. The fourth-order valence-electron chi connectivity index (χ4n) is 8.15. The van der Waals surface area contributed by atoms with Crippen molar-refractivity contribution >= 4 is 32.8 Å². The molecule has 3 heterocycles. The summed E-state index contributed by atoms with van der Waals surface area (Å²) in [5.41, 5.74) is 16.1. The molecule has 0 N–H and O–H groups in total. The first-order valence-electron chi connectivity index (χ1n) is 19.8. The van der Waals surface area contributed by atoms with E-state index in [9.17, 15) is 0 Å². The molecule has 0 radical (unpaired) electrons. The summed E-state index contributed by atoms with van der Waals surface area (Å²) in [5, 5.41) is 3.07. The maximum atomic E-state index is 6.70. The van der Waals surface area contributed by atoms with Gasteiger partial charge in [-0.25, -0.2) is 15.0 Å². The van der Waals surface area contributed by atoms with Crippen molar-refractivity contribution in [3.05, 3.63) is 212 Å². The number of hydrogen-bond donors (Lipinski definition) is 0. The third-order valence-corrected chi connectivity index (χ3v) is 11.1. The second-order valence-corrected chi connectivity index (χ2v) is 14.8. The van der Waals surface area contributed by atoms with Crippen LogP contribution in [0.3, 0.4) is 0 Å². The predicted octanol–water partition coefficient (Wildman–Crippen LogP) is 14.6. The van der Waals surface area contributed by atoms with Crippen LogP contribution >= 0.6 is 0 Å². The van der Waals surface area contributed by atoms with Gasteiger partial charge in [-0.05, 0) is 51.6 Å². The first kappa shape index (κ1) is 34.3. The summed E-state index contributed by atoms with van der Waals surface area (Å²) in [4.78, 5) is 15.7. The van der Waals surface area contributed by atoms with E-state index < -0.39 is 0 Å². The summed E-state index contributed by atoms with van der Waals surface area (Å²) in [6.45, 7) is 0. The van der Waals surface area contributed by atoms with Gasteiger partial charge in [-0.3, -0.25) is 0 Å². The van der Waals surface area contributed by atoms with Crippen LogP contribution in [0.15, 0.2) is 217 Å². The predicted molar refractivity (Wildman–Crippen MR) is 243 cm³/mol. The zero-order chi connectivity index (χ0) is 39.1. The number of hydrogen-bond acceptors (Lipinski definition) is 4. The van der Waals surface area contributed by atoms with Gasteiger partial charge < -0.3 is 4.42 Å². The zero-order valence-electron chi connectivity index (χ0n) is 32.0. The van der Waals surface area contributed by atoms with Crippen LogP contribution in [0.25, 0.3) is 111 Å². The SMILES string of the molecule is c1ccc(-c2ccc(-c3cc(-c4ccc(-c5ccccc5)cc4)nc(-c4ccc(-c5cccc6nc(-c7ccccc7)c7c8ccccc8oc7c56)cc4)n3)cc2)cc1. The number of fused-ring (bicyclic) bond motifs is 5. The normalized spacial score (nSPS) is 11.4. The summed E-state index contributed by atoms with van der Waals surface area (Å²) in [5.74, 6) is 0.662. The van der Waals surface area contributed by atoms with Gasteiger partial charge in [0.05, 0.1) is 33.4 Å². The number of pyridine rings is 1. The van der Waals surface area contributed by atoms with Gasteiger partial charge in [0.2, 0.25) is 0 Å². The Bertz CT molecular complexity index is 3170. The highest BCUT2D eigenvalue weighted by atomic mass is 16.3. The molecule has 0 spiro atoms. The molecular formula is C55H35N3O. The van der Waals surface area contributed by atoms with E-state index in [0.29, 0.717) is 5.82 Å². The van der Waals surface area contributed by atoms with Gasteiger partial charge >= 0.3 is 0 Å². The maximum Gasteiger partial charge on any atom is 0.160 e. The summed E-state index contributed by atoms with van der Waals surface area (Å²) in [7, 11) is 0. The van der Waals surface area contributed by atoms with Crippen LogP contribution in [0.5, 0.6) is 0 Å². The highest BCUT2D eigenvalue weighted by molar-refractivity contribution is 6.22. The minimum Gasteiger partial charge on any atom is -0.455 e. The molecule has 0 amide bonds. The van der Waals surface area contributed by atoms with Crippen LogP contribution in [0.1, 0.15) is 0 Å². The van der Waals surface area contributed by atoms with Crippen molar-refractivity contribution < 1.29 is 4.42 Å². The monoisotopic (exact) mass is 753 g/mol. The fraction of sp³-hybridized carbons (Fsp3) is 0. The quantitative estimate of drug-likeness (QED) is 0.163. The molecule has 11 rings (SSSR count). The highest BCUT2D eigenvalue weighted by Gasteiger charge is 2.20. The van der Waals surface area contributed by atoms with Crippen molar-refractivity contribution in [2.24, 2.45) is 0 Å². The lowest BCUT2D eigenvalue weighted by Crippen LogP contribution is -1.96. The van der Waals surface area contributed by atoms with E-state index in [1.807, 2.05) is 30.3 Å². The first-order valence-corrected chi connectivity index (χ1v) is 19.8. The number of nitrogens with zero attached hydrogens (tertiary/aromatic N) is 3. The topological polar surface area (TPSA) is 51.8 Å². The lowest BCUT2D eigenvalue weighted by Gasteiger charge is -2.12. The lowest BCUT2D eigenvalue weighted by atomic mass is 9.96. The van der Waals surface area contributed by atoms with Crippen molar-refractivity contribution in [3.63, 3.8) is 0 Å². The van der Waals surface area contributed by atoms with E-state index in [1.54, 1.807) is 0 Å². The molecule has 0 aliphatic carbocycles. The highest BCUT2D eigenvalue weighted by Crippen LogP contribution is 2.43. The second-order valence-electron chi connectivity index (χ2n) is 14.8. The molecule has 0 aliphatic rings. The molecule has 59 heavy (non-hydrogen) atoms. The minimum atomic E-state index is 0.662. The molecule has 4 heteroatoms. The lowest BCUT2D eigenvalue weighted by molar-refractivity contribution is 0.672. The number of aromatic nitrogens is 3. The van der Waals surface area contributed by atoms with Crippen LogP contribution in [0, 0.1) is 0 Å². The molecule has 8 aromatic carbocycles. The Kier molecular flexibility index (Phi) is 8.45. The summed E-state index contributed by atoms with van der Waals surface area (Å²) in [6, 6.07) is 73.7. The molecule has 3 aromatic heterocycles. The molecule has 0 unspecified atom stereocenters. The molecule has 276 valence electrons. The second kappa shape index (κ2) is 14.5. The smallest absolute Gasteiger partial charge is 0.160 e. The number of para-hydroxylation sites is 1. The standard InChI is InChI=1S/C55H35N3O/c1-4-13-36(14-5-1)38-23-29-41(30-24-38)48-35-49(42-31-25-39(26-32-42)37-15-6-2-7-16-37)58-55(57-48)44-33-27-40(28-34-44)45-20-12-21-47-51(45)54-52(46-19-10-11-22-50(46)59-54)53(56-47)43-17-8-3-9-18-43/h1-35H. The molecule has 0 bridgehead atoms. The van der Waals surface area contributed by atoms with E-state index in [-0.39, 0.29) is 0 Å². The van der Waals surface area contributed by atoms with Crippen LogP contribution in [-0.2, 0) is 0 Å².